The molecule has 1 unspecified atom stereocenters. The average molecular weight is 435 g/mol. The minimum absolute atomic E-state index is 0.0735. The van der Waals surface area contributed by atoms with E-state index in [2.05, 4.69) is 33.6 Å². The van der Waals surface area contributed by atoms with E-state index >= 15 is 0 Å². The number of benzene rings is 1. The fourth-order valence-corrected chi connectivity index (χ4v) is 4.75. The molecule has 2 saturated carbocycles. The molecule has 0 spiro atoms. The van der Waals surface area contributed by atoms with Crippen molar-refractivity contribution in [3.63, 3.8) is 0 Å². The Morgan fingerprint density at radius 2 is 1.91 bits per heavy atom. The first-order valence-electron chi connectivity index (χ1n) is 11.9. The van der Waals surface area contributed by atoms with E-state index in [9.17, 15) is 0 Å². The van der Waals surface area contributed by atoms with Crippen molar-refractivity contribution in [3.8, 4) is 5.75 Å². The second-order valence-electron chi connectivity index (χ2n) is 9.89. The Morgan fingerprint density at radius 1 is 1.16 bits per heavy atom. The number of nitrogens with two attached hydrogens (primary N) is 1. The number of piperazine rings is 1. The Labute approximate surface area is 190 Å². The Bertz CT molecular complexity index is 992. The summed E-state index contributed by atoms with van der Waals surface area (Å²) in [6, 6.07) is 8.16. The lowest BCUT2D eigenvalue weighted by atomic mass is 9.79. The number of anilines is 2. The van der Waals surface area contributed by atoms with Gasteiger partial charge in [-0.15, -0.1) is 0 Å². The van der Waals surface area contributed by atoms with E-state index in [1.165, 1.54) is 19.3 Å². The van der Waals surface area contributed by atoms with Crippen LogP contribution in [0.15, 0.2) is 30.6 Å². The molecule has 2 aromatic rings. The molecule has 7 heteroatoms. The van der Waals surface area contributed by atoms with Crippen LogP contribution in [-0.4, -0.2) is 58.4 Å². The molecule has 7 nitrogen and oxygen atoms in total. The molecule has 1 aromatic carbocycles. The molecule has 5 rings (SSSR count). The predicted molar refractivity (Wildman–Crippen MR) is 128 cm³/mol. The molecule has 1 saturated heterocycles. The van der Waals surface area contributed by atoms with Gasteiger partial charge >= 0.3 is 0 Å². The third-order valence-corrected chi connectivity index (χ3v) is 7.57. The standard InChI is InChI=1S/C25H34N6O/c1-17(18-4-3-5-18)30-10-12-31(13-11-30)23-15-22(28-16-29-23)24(27)20-14-19(6-7-21(20)26)32-25(2)8-9-25/h6-7,14-18,27H,3-5,8-13,26H2,1-2H3. The van der Waals surface area contributed by atoms with Crippen LogP contribution in [0.5, 0.6) is 5.75 Å². The normalized spacial score (nSPS) is 21.6. The first-order valence-corrected chi connectivity index (χ1v) is 11.9. The van der Waals surface area contributed by atoms with Gasteiger partial charge in [0.2, 0.25) is 0 Å². The van der Waals surface area contributed by atoms with Crippen molar-refractivity contribution in [2.24, 2.45) is 5.92 Å². The zero-order valence-corrected chi connectivity index (χ0v) is 19.2. The summed E-state index contributed by atoms with van der Waals surface area (Å²) in [5, 5.41) is 8.78. The second kappa shape index (κ2) is 8.35. The van der Waals surface area contributed by atoms with Crippen molar-refractivity contribution in [1.29, 1.82) is 5.41 Å². The molecule has 0 radical (unpaired) electrons. The van der Waals surface area contributed by atoms with Gasteiger partial charge in [-0.1, -0.05) is 6.42 Å². The van der Waals surface area contributed by atoms with Crippen molar-refractivity contribution < 1.29 is 4.74 Å². The van der Waals surface area contributed by atoms with Crippen molar-refractivity contribution in [3.05, 3.63) is 41.9 Å². The third kappa shape index (κ3) is 4.31. The lowest BCUT2D eigenvalue weighted by Crippen LogP contribution is -2.52. The first-order chi connectivity index (χ1) is 15.4. The van der Waals surface area contributed by atoms with Gasteiger partial charge in [-0.2, -0.15) is 0 Å². The number of ether oxygens (including phenoxy) is 1. The van der Waals surface area contributed by atoms with Gasteiger partial charge in [-0.25, -0.2) is 9.97 Å². The zero-order chi connectivity index (χ0) is 22.3. The summed E-state index contributed by atoms with van der Waals surface area (Å²) >= 11 is 0. The van der Waals surface area contributed by atoms with Gasteiger partial charge in [0.25, 0.3) is 0 Å². The molecule has 2 aliphatic carbocycles. The number of aromatic nitrogens is 2. The highest BCUT2D eigenvalue weighted by molar-refractivity contribution is 6.13. The topological polar surface area (TPSA) is 91.4 Å². The largest absolute Gasteiger partial charge is 0.488 e. The SMILES string of the molecule is CC(C1CCC1)N1CCN(c2cc(C(=N)c3cc(OC4(C)CC4)ccc3N)ncn2)CC1. The monoisotopic (exact) mass is 434 g/mol. The summed E-state index contributed by atoms with van der Waals surface area (Å²) in [7, 11) is 0. The molecule has 3 fully saturated rings. The van der Waals surface area contributed by atoms with Gasteiger partial charge in [0.05, 0.1) is 11.4 Å². The smallest absolute Gasteiger partial charge is 0.132 e. The van der Waals surface area contributed by atoms with Crippen LogP contribution in [-0.2, 0) is 0 Å². The van der Waals surface area contributed by atoms with Crippen LogP contribution in [0.4, 0.5) is 11.5 Å². The predicted octanol–water partition coefficient (Wildman–Crippen LogP) is 3.72. The average Bonchev–Trinajstić information content (AvgIpc) is 3.50. The number of nitrogens with one attached hydrogen (secondary N) is 1. The number of rotatable bonds is 7. The Kier molecular flexibility index (Phi) is 5.53. The first kappa shape index (κ1) is 21.2. The lowest BCUT2D eigenvalue weighted by Gasteiger charge is -2.43. The minimum atomic E-state index is -0.0735. The van der Waals surface area contributed by atoms with Crippen LogP contribution in [0.2, 0.25) is 0 Å². The molecule has 32 heavy (non-hydrogen) atoms. The summed E-state index contributed by atoms with van der Waals surface area (Å²) in [6.45, 7) is 8.50. The molecule has 3 aliphatic rings. The summed E-state index contributed by atoms with van der Waals surface area (Å²) < 4.78 is 6.07. The van der Waals surface area contributed by atoms with Gasteiger partial charge in [0.1, 0.15) is 23.5 Å². The van der Waals surface area contributed by atoms with E-state index in [-0.39, 0.29) is 5.60 Å². The highest BCUT2D eigenvalue weighted by Crippen LogP contribution is 2.40. The maximum Gasteiger partial charge on any atom is 0.132 e. The third-order valence-electron chi connectivity index (χ3n) is 7.57. The highest BCUT2D eigenvalue weighted by Gasteiger charge is 2.40. The summed E-state index contributed by atoms with van der Waals surface area (Å²) in [5.74, 6) is 2.51. The highest BCUT2D eigenvalue weighted by atomic mass is 16.5. The van der Waals surface area contributed by atoms with E-state index in [1.807, 2.05) is 24.3 Å². The number of nitrogens with zero attached hydrogens (tertiary/aromatic N) is 4. The van der Waals surface area contributed by atoms with Crippen molar-refractivity contribution in [2.45, 2.75) is 57.6 Å². The molecular weight excluding hydrogens is 400 g/mol. The molecule has 170 valence electrons. The fraction of sp³-hybridized carbons (Fsp3) is 0.560. The Hall–Kier alpha value is -2.67. The van der Waals surface area contributed by atoms with Crippen LogP contribution in [0.3, 0.4) is 0 Å². The van der Waals surface area contributed by atoms with Gasteiger partial charge < -0.3 is 15.4 Å². The van der Waals surface area contributed by atoms with E-state index in [4.69, 9.17) is 15.9 Å². The zero-order valence-electron chi connectivity index (χ0n) is 19.2. The maximum atomic E-state index is 8.78. The molecule has 2 heterocycles. The molecule has 1 atom stereocenters. The van der Waals surface area contributed by atoms with Crippen molar-refractivity contribution in [1.82, 2.24) is 14.9 Å². The number of hydrogen-bond donors (Lipinski definition) is 2. The molecule has 0 amide bonds. The lowest BCUT2D eigenvalue weighted by molar-refractivity contribution is 0.102. The van der Waals surface area contributed by atoms with Crippen molar-refractivity contribution in [2.75, 3.05) is 36.8 Å². The quantitative estimate of drug-likeness (QED) is 0.510. The second-order valence-corrected chi connectivity index (χ2v) is 9.89. The van der Waals surface area contributed by atoms with Crippen LogP contribution in [0.25, 0.3) is 0 Å². The molecular formula is C25H34N6O. The Balaban J connectivity index is 1.28. The van der Waals surface area contributed by atoms with Gasteiger partial charge in [-0.3, -0.25) is 10.3 Å². The molecule has 1 aliphatic heterocycles. The van der Waals surface area contributed by atoms with Crippen LogP contribution in [0, 0.1) is 11.3 Å². The van der Waals surface area contributed by atoms with Gasteiger partial charge in [-0.05, 0) is 63.6 Å². The minimum Gasteiger partial charge on any atom is -0.488 e. The van der Waals surface area contributed by atoms with Crippen LogP contribution in [0.1, 0.15) is 57.2 Å². The molecule has 0 bridgehead atoms. The van der Waals surface area contributed by atoms with E-state index in [0.717, 1.165) is 56.5 Å². The van der Waals surface area contributed by atoms with Gasteiger partial charge in [0, 0.05) is 49.5 Å². The summed E-state index contributed by atoms with van der Waals surface area (Å²) in [4.78, 5) is 13.8. The van der Waals surface area contributed by atoms with E-state index in [0.29, 0.717) is 28.7 Å². The van der Waals surface area contributed by atoms with Crippen LogP contribution < -0.4 is 15.4 Å². The maximum absolute atomic E-state index is 8.78. The molecule has 1 aromatic heterocycles. The van der Waals surface area contributed by atoms with Gasteiger partial charge in [0.15, 0.2) is 0 Å². The van der Waals surface area contributed by atoms with Crippen molar-refractivity contribution >= 4 is 17.2 Å². The summed E-state index contributed by atoms with van der Waals surface area (Å²) in [6.07, 6.45) is 7.84. The molecule has 3 N–H and O–H groups in total. The number of hydrogen-bond acceptors (Lipinski definition) is 7. The summed E-state index contributed by atoms with van der Waals surface area (Å²) in [5.41, 5.74) is 8.23. The van der Waals surface area contributed by atoms with E-state index in [1.54, 1.807) is 6.33 Å². The number of nitrogen functional groups attached to an aromatic ring is 1. The van der Waals surface area contributed by atoms with E-state index < -0.39 is 0 Å². The van der Waals surface area contributed by atoms with Crippen LogP contribution >= 0.6 is 0 Å². The fourth-order valence-electron chi connectivity index (χ4n) is 4.75. The Morgan fingerprint density at radius 3 is 2.56 bits per heavy atom.